The Morgan fingerprint density at radius 1 is 0.268 bits per heavy atom. The summed E-state index contributed by atoms with van der Waals surface area (Å²) in [6, 6.07) is 0. The summed E-state index contributed by atoms with van der Waals surface area (Å²) in [5, 5.41) is 0. The Morgan fingerprint density at radius 3 is 0.683 bits per heavy atom. The third-order valence-electron chi connectivity index (χ3n) is 11.5. The molecule has 1 aliphatic carbocycles. The number of hydrogen-bond acceptors (Lipinski definition) is 0. The lowest BCUT2D eigenvalue weighted by Crippen LogP contribution is -2.38. The molecule has 0 heteroatoms. The first-order chi connectivity index (χ1) is 20.2. The fourth-order valence-electron chi connectivity index (χ4n) is 8.79. The SMILES string of the molecule is CCCCCCCCCCC1(CCCCCCCCCC)CCCC1(CCCCCCCC)CCCCCCCC. The topological polar surface area (TPSA) is 0 Å². The van der Waals surface area contributed by atoms with Gasteiger partial charge in [-0.05, 0) is 49.4 Å². The maximum Gasteiger partial charge on any atom is -0.0241 e. The second-order valence-corrected chi connectivity index (χ2v) is 14.9. The Morgan fingerprint density at radius 2 is 0.463 bits per heavy atom. The van der Waals surface area contributed by atoms with Crippen LogP contribution in [0.4, 0.5) is 0 Å². The van der Waals surface area contributed by atoms with E-state index in [4.69, 9.17) is 0 Å². The molecule has 41 heavy (non-hydrogen) atoms. The van der Waals surface area contributed by atoms with Crippen LogP contribution < -0.4 is 0 Å². The van der Waals surface area contributed by atoms with Gasteiger partial charge in [-0.2, -0.15) is 0 Å². The Bertz CT molecular complexity index is 482. The minimum atomic E-state index is 0.685. The normalized spacial score (nSPS) is 16.1. The maximum absolute atomic E-state index is 2.36. The van der Waals surface area contributed by atoms with Crippen LogP contribution >= 0.6 is 0 Å². The van der Waals surface area contributed by atoms with Gasteiger partial charge in [0.05, 0.1) is 0 Å². The van der Waals surface area contributed by atoms with Crippen molar-refractivity contribution in [2.75, 3.05) is 0 Å². The summed E-state index contributed by atoms with van der Waals surface area (Å²) in [6.07, 6.45) is 52.2. The van der Waals surface area contributed by atoms with Crippen LogP contribution in [-0.4, -0.2) is 0 Å². The van der Waals surface area contributed by atoms with Gasteiger partial charge in [0.15, 0.2) is 0 Å². The Kier molecular flexibility index (Phi) is 26.2. The molecule has 0 aromatic carbocycles. The van der Waals surface area contributed by atoms with E-state index in [2.05, 4.69) is 27.7 Å². The number of hydrogen-bond donors (Lipinski definition) is 0. The summed E-state index contributed by atoms with van der Waals surface area (Å²) in [7, 11) is 0. The average Bonchev–Trinajstić information content (AvgIpc) is 3.33. The van der Waals surface area contributed by atoms with E-state index in [9.17, 15) is 0 Å². The quantitative estimate of drug-likeness (QED) is 0.0701. The highest BCUT2D eigenvalue weighted by Gasteiger charge is 2.52. The first kappa shape index (κ1) is 39.0. The molecule has 0 heterocycles. The van der Waals surface area contributed by atoms with E-state index in [1.165, 1.54) is 180 Å². The lowest BCUT2D eigenvalue weighted by Gasteiger charge is -2.48. The van der Waals surface area contributed by atoms with Crippen LogP contribution in [0, 0.1) is 10.8 Å². The molecule has 0 amide bonds. The second kappa shape index (κ2) is 27.5. The zero-order chi connectivity index (χ0) is 29.7. The standard InChI is InChI=1S/C41H82/c1-5-9-13-17-21-23-27-31-36-41(37-32-28-24-22-18-14-10-6-2)39-33-38-40(41,34-29-25-19-15-11-7-3)35-30-26-20-16-12-8-4/h5-39H2,1-4H3. The monoisotopic (exact) mass is 575 g/mol. The van der Waals surface area contributed by atoms with Crippen molar-refractivity contribution in [1.82, 2.24) is 0 Å². The average molecular weight is 575 g/mol. The van der Waals surface area contributed by atoms with E-state index in [0.717, 1.165) is 0 Å². The first-order valence-corrected chi connectivity index (χ1v) is 20.2. The van der Waals surface area contributed by atoms with Crippen LogP contribution in [0.5, 0.6) is 0 Å². The van der Waals surface area contributed by atoms with Crippen LogP contribution in [0.1, 0.15) is 252 Å². The maximum atomic E-state index is 2.36. The van der Waals surface area contributed by atoms with Gasteiger partial charge in [-0.15, -0.1) is 0 Å². The molecular formula is C41H82. The van der Waals surface area contributed by atoms with Gasteiger partial charge in [0.1, 0.15) is 0 Å². The van der Waals surface area contributed by atoms with Gasteiger partial charge in [0.25, 0.3) is 0 Å². The van der Waals surface area contributed by atoms with E-state index < -0.39 is 0 Å². The van der Waals surface area contributed by atoms with Gasteiger partial charge in [-0.3, -0.25) is 0 Å². The summed E-state index contributed by atoms with van der Waals surface area (Å²) in [5.74, 6) is 0. The van der Waals surface area contributed by atoms with Gasteiger partial charge in [0.2, 0.25) is 0 Å². The van der Waals surface area contributed by atoms with E-state index >= 15 is 0 Å². The molecule has 0 atom stereocenters. The summed E-state index contributed by atoms with van der Waals surface area (Å²) < 4.78 is 0. The molecular weight excluding hydrogens is 492 g/mol. The van der Waals surface area contributed by atoms with Crippen molar-refractivity contribution in [2.24, 2.45) is 10.8 Å². The molecule has 1 saturated carbocycles. The van der Waals surface area contributed by atoms with Crippen molar-refractivity contribution in [3.05, 3.63) is 0 Å². The molecule has 0 aromatic rings. The smallest absolute Gasteiger partial charge is 0.0241 e. The highest BCUT2D eigenvalue weighted by molar-refractivity contribution is 5.02. The van der Waals surface area contributed by atoms with Crippen LogP contribution in [-0.2, 0) is 0 Å². The van der Waals surface area contributed by atoms with Gasteiger partial charge >= 0.3 is 0 Å². The van der Waals surface area contributed by atoms with Crippen molar-refractivity contribution in [2.45, 2.75) is 252 Å². The van der Waals surface area contributed by atoms with Gasteiger partial charge in [-0.1, -0.05) is 214 Å². The molecule has 0 nitrogen and oxygen atoms in total. The molecule has 0 spiro atoms. The van der Waals surface area contributed by atoms with Crippen LogP contribution in [0.15, 0.2) is 0 Å². The third-order valence-corrected chi connectivity index (χ3v) is 11.5. The molecule has 0 saturated heterocycles. The Labute approximate surface area is 262 Å². The van der Waals surface area contributed by atoms with Crippen molar-refractivity contribution in [1.29, 1.82) is 0 Å². The largest absolute Gasteiger partial charge is 0.0654 e. The summed E-state index contributed by atoms with van der Waals surface area (Å²) >= 11 is 0. The zero-order valence-corrected chi connectivity index (χ0v) is 29.7. The van der Waals surface area contributed by atoms with Crippen molar-refractivity contribution in [3.63, 3.8) is 0 Å². The van der Waals surface area contributed by atoms with E-state index in [0.29, 0.717) is 10.8 Å². The molecule has 0 radical (unpaired) electrons. The van der Waals surface area contributed by atoms with E-state index in [1.807, 2.05) is 0 Å². The fraction of sp³-hybridized carbons (Fsp3) is 1.00. The lowest BCUT2D eigenvalue weighted by molar-refractivity contribution is 0.0208. The van der Waals surface area contributed by atoms with Crippen molar-refractivity contribution < 1.29 is 0 Å². The minimum Gasteiger partial charge on any atom is -0.0654 e. The van der Waals surface area contributed by atoms with E-state index in [-0.39, 0.29) is 0 Å². The summed E-state index contributed by atoms with van der Waals surface area (Å²) in [6.45, 7) is 9.41. The molecule has 0 aromatic heterocycles. The molecule has 0 aliphatic heterocycles. The molecule has 246 valence electrons. The van der Waals surface area contributed by atoms with Crippen LogP contribution in [0.25, 0.3) is 0 Å². The first-order valence-electron chi connectivity index (χ1n) is 20.2. The molecule has 1 rings (SSSR count). The molecule has 0 N–H and O–H groups in total. The van der Waals surface area contributed by atoms with Crippen molar-refractivity contribution in [3.8, 4) is 0 Å². The number of rotatable bonds is 32. The van der Waals surface area contributed by atoms with Crippen LogP contribution in [0.3, 0.4) is 0 Å². The Hall–Kier alpha value is 0. The zero-order valence-electron chi connectivity index (χ0n) is 29.7. The Balaban J connectivity index is 2.81. The molecule has 1 fully saturated rings. The molecule has 0 unspecified atom stereocenters. The van der Waals surface area contributed by atoms with Gasteiger partial charge in [0, 0.05) is 0 Å². The molecule has 0 bridgehead atoms. The summed E-state index contributed by atoms with van der Waals surface area (Å²) in [4.78, 5) is 0. The minimum absolute atomic E-state index is 0.685. The van der Waals surface area contributed by atoms with Crippen molar-refractivity contribution >= 4 is 0 Å². The number of unbranched alkanes of at least 4 members (excludes halogenated alkanes) is 24. The predicted molar refractivity (Wildman–Crippen MR) is 189 cm³/mol. The summed E-state index contributed by atoms with van der Waals surface area (Å²) in [5.41, 5.74) is 1.37. The van der Waals surface area contributed by atoms with Gasteiger partial charge < -0.3 is 0 Å². The molecule has 1 aliphatic rings. The highest BCUT2D eigenvalue weighted by Crippen LogP contribution is 2.63. The van der Waals surface area contributed by atoms with Crippen LogP contribution in [0.2, 0.25) is 0 Å². The second-order valence-electron chi connectivity index (χ2n) is 14.9. The lowest BCUT2D eigenvalue weighted by atomic mass is 9.57. The van der Waals surface area contributed by atoms with Gasteiger partial charge in [-0.25, -0.2) is 0 Å². The highest BCUT2D eigenvalue weighted by atomic mass is 14.6. The van der Waals surface area contributed by atoms with E-state index in [1.54, 1.807) is 44.9 Å². The third kappa shape index (κ3) is 17.8. The fourth-order valence-corrected chi connectivity index (χ4v) is 8.79. The predicted octanol–water partition coefficient (Wildman–Crippen LogP) is 15.7.